The van der Waals surface area contributed by atoms with Crippen LogP contribution < -0.4 is 11.7 Å². The Bertz CT molecular complexity index is 1090. The maximum Gasteiger partial charge on any atom is 0.299 e. The molecule has 33 heavy (non-hydrogen) atoms. The van der Waals surface area contributed by atoms with Gasteiger partial charge in [0.15, 0.2) is 0 Å². The normalized spacial score (nSPS) is 12.8. The van der Waals surface area contributed by atoms with E-state index in [1.54, 1.807) is 12.1 Å². The molecule has 0 spiro atoms. The second kappa shape index (κ2) is 10.3. The Labute approximate surface area is 186 Å². The number of aryl methyl sites for hydroxylation is 2. The summed E-state index contributed by atoms with van der Waals surface area (Å²) in [5.74, 6) is 2.64. The zero-order valence-corrected chi connectivity index (χ0v) is 17.3. The molecule has 174 valence electrons. The molecule has 1 heterocycles. The molecular formula is C22H21F5N6. The molecule has 6 nitrogen and oxygen atoms in total. The summed E-state index contributed by atoms with van der Waals surface area (Å²) in [4.78, 5) is 7.88. The summed E-state index contributed by atoms with van der Waals surface area (Å²) < 4.78 is 71.6. The fourth-order valence-corrected chi connectivity index (χ4v) is 3.29. The minimum absolute atomic E-state index is 0.356. The summed E-state index contributed by atoms with van der Waals surface area (Å²) in [7, 11) is 0. The van der Waals surface area contributed by atoms with Crippen LogP contribution in [0.3, 0.4) is 0 Å². The third-order valence-electron chi connectivity index (χ3n) is 5.01. The summed E-state index contributed by atoms with van der Waals surface area (Å²) in [6.45, 7) is -0.593. The van der Waals surface area contributed by atoms with Crippen LogP contribution >= 0.6 is 0 Å². The summed E-state index contributed by atoms with van der Waals surface area (Å²) in [5.41, 5.74) is 0.132. The number of hydrazone groups is 1. The van der Waals surface area contributed by atoms with Crippen LogP contribution in [0, 0.1) is 17.5 Å². The van der Waals surface area contributed by atoms with Crippen molar-refractivity contribution in [3.05, 3.63) is 94.8 Å². The highest BCUT2D eigenvalue weighted by Crippen LogP contribution is 2.42. The standard InChI is InChI=1S/C22H21F5N6/c23-15-4-1-14(2-5-15)3-7-17-10-31-21(11-30-17)22(26,27)19(12-33(29)13-32-28)18-8-6-16(24)9-20(18)25/h1-2,4-6,8-11,13,19H,3,7,12,28-29H2/b32-13-. The minimum atomic E-state index is -3.72. The van der Waals surface area contributed by atoms with E-state index in [9.17, 15) is 13.2 Å². The van der Waals surface area contributed by atoms with Crippen LogP contribution in [0.15, 0.2) is 60.0 Å². The lowest BCUT2D eigenvalue weighted by molar-refractivity contribution is -0.0446. The van der Waals surface area contributed by atoms with Crippen molar-refractivity contribution in [2.45, 2.75) is 24.7 Å². The highest BCUT2D eigenvalue weighted by molar-refractivity contribution is 5.53. The van der Waals surface area contributed by atoms with Gasteiger partial charge in [-0.2, -0.15) is 13.9 Å². The second-order valence-corrected chi connectivity index (χ2v) is 7.32. The molecule has 0 fully saturated rings. The largest absolute Gasteiger partial charge is 0.322 e. The Morgan fingerprint density at radius 3 is 2.27 bits per heavy atom. The number of aromatic nitrogens is 2. The number of hydrazine groups is 1. The lowest BCUT2D eigenvalue weighted by atomic mass is 9.89. The fraction of sp³-hybridized carbons (Fsp3) is 0.227. The SMILES string of the molecule is N/N=C\N(N)CC(c1ccc(F)cc1F)C(F)(F)c1cnc(CCc2ccc(F)cc2)cn1. The Morgan fingerprint density at radius 2 is 1.67 bits per heavy atom. The number of nitrogens with zero attached hydrogens (tertiary/aromatic N) is 4. The van der Waals surface area contributed by atoms with Crippen molar-refractivity contribution in [3.63, 3.8) is 0 Å². The van der Waals surface area contributed by atoms with Crippen LogP contribution in [0.4, 0.5) is 22.0 Å². The van der Waals surface area contributed by atoms with E-state index in [1.807, 2.05) is 0 Å². The predicted molar refractivity (Wildman–Crippen MR) is 112 cm³/mol. The molecular weight excluding hydrogens is 443 g/mol. The number of alkyl halides is 2. The van der Waals surface area contributed by atoms with Crippen molar-refractivity contribution in [3.8, 4) is 0 Å². The quantitative estimate of drug-likeness (QED) is 0.166. The molecule has 0 amide bonds. The van der Waals surface area contributed by atoms with E-state index < -0.39 is 41.3 Å². The van der Waals surface area contributed by atoms with Crippen LogP contribution in [0.1, 0.15) is 28.4 Å². The van der Waals surface area contributed by atoms with Gasteiger partial charge < -0.3 is 5.84 Å². The molecule has 1 aromatic heterocycles. The molecule has 0 aliphatic rings. The Morgan fingerprint density at radius 1 is 0.970 bits per heavy atom. The van der Waals surface area contributed by atoms with Gasteiger partial charge >= 0.3 is 0 Å². The van der Waals surface area contributed by atoms with Gasteiger partial charge in [0.05, 0.1) is 17.8 Å². The van der Waals surface area contributed by atoms with Gasteiger partial charge in [0.25, 0.3) is 5.92 Å². The monoisotopic (exact) mass is 464 g/mol. The van der Waals surface area contributed by atoms with Crippen molar-refractivity contribution < 1.29 is 22.0 Å². The summed E-state index contributed by atoms with van der Waals surface area (Å²) in [5, 5.41) is 3.93. The topological polar surface area (TPSA) is 93.4 Å². The van der Waals surface area contributed by atoms with Crippen molar-refractivity contribution in [1.82, 2.24) is 15.0 Å². The number of rotatable bonds is 9. The molecule has 1 unspecified atom stereocenters. The van der Waals surface area contributed by atoms with Crippen LogP contribution in [0.25, 0.3) is 0 Å². The zero-order valence-electron chi connectivity index (χ0n) is 17.3. The first-order chi connectivity index (χ1) is 15.7. The molecule has 11 heteroatoms. The van der Waals surface area contributed by atoms with Crippen molar-refractivity contribution in [1.29, 1.82) is 0 Å². The molecule has 0 saturated carbocycles. The molecule has 2 aromatic carbocycles. The molecule has 3 rings (SSSR count). The first-order valence-corrected chi connectivity index (χ1v) is 9.84. The van der Waals surface area contributed by atoms with E-state index in [1.165, 1.54) is 18.3 Å². The van der Waals surface area contributed by atoms with Gasteiger partial charge in [-0.25, -0.2) is 19.0 Å². The van der Waals surface area contributed by atoms with E-state index in [4.69, 9.17) is 11.7 Å². The highest BCUT2D eigenvalue weighted by Gasteiger charge is 2.45. The van der Waals surface area contributed by atoms with Crippen molar-refractivity contribution >= 4 is 6.34 Å². The lowest BCUT2D eigenvalue weighted by Gasteiger charge is -2.29. The van der Waals surface area contributed by atoms with Gasteiger partial charge in [0.1, 0.15) is 29.5 Å². The third kappa shape index (κ3) is 6.01. The number of nitrogens with two attached hydrogens (primary N) is 2. The molecule has 3 aromatic rings. The number of halogens is 5. The van der Waals surface area contributed by atoms with E-state index in [2.05, 4.69) is 15.1 Å². The first-order valence-electron chi connectivity index (χ1n) is 9.84. The van der Waals surface area contributed by atoms with Crippen LogP contribution in [0.5, 0.6) is 0 Å². The number of hydrogen-bond donors (Lipinski definition) is 2. The van der Waals surface area contributed by atoms with Gasteiger partial charge in [-0.05, 0) is 42.2 Å². The van der Waals surface area contributed by atoms with Gasteiger partial charge in [0, 0.05) is 18.8 Å². The molecule has 4 N–H and O–H groups in total. The Balaban J connectivity index is 1.84. The summed E-state index contributed by atoms with van der Waals surface area (Å²) >= 11 is 0. The zero-order chi connectivity index (χ0) is 24.0. The van der Waals surface area contributed by atoms with Gasteiger partial charge in [-0.1, -0.05) is 18.2 Å². The summed E-state index contributed by atoms with van der Waals surface area (Å²) in [6, 6.07) is 8.23. The van der Waals surface area contributed by atoms with E-state index >= 15 is 8.78 Å². The van der Waals surface area contributed by atoms with E-state index in [0.29, 0.717) is 24.6 Å². The van der Waals surface area contributed by atoms with Gasteiger partial charge in [0.2, 0.25) is 0 Å². The van der Waals surface area contributed by atoms with Crippen LogP contribution in [-0.4, -0.2) is 27.9 Å². The maximum atomic E-state index is 15.5. The third-order valence-corrected chi connectivity index (χ3v) is 5.01. The Kier molecular flexibility index (Phi) is 7.54. The minimum Gasteiger partial charge on any atom is -0.322 e. The highest BCUT2D eigenvalue weighted by atomic mass is 19.3. The molecule has 0 saturated heterocycles. The molecule has 0 aliphatic carbocycles. The Hall–Kier alpha value is -3.60. The van der Waals surface area contributed by atoms with E-state index in [-0.39, 0.29) is 5.82 Å². The maximum absolute atomic E-state index is 15.5. The molecule has 0 radical (unpaired) electrons. The van der Waals surface area contributed by atoms with Crippen LogP contribution in [0.2, 0.25) is 0 Å². The fourth-order valence-electron chi connectivity index (χ4n) is 3.29. The average Bonchev–Trinajstić information content (AvgIpc) is 2.78. The first kappa shape index (κ1) is 24.1. The van der Waals surface area contributed by atoms with Gasteiger partial charge in [-0.15, -0.1) is 0 Å². The van der Waals surface area contributed by atoms with Crippen LogP contribution in [-0.2, 0) is 18.8 Å². The van der Waals surface area contributed by atoms with Crippen molar-refractivity contribution in [2.24, 2.45) is 16.8 Å². The molecule has 0 bridgehead atoms. The van der Waals surface area contributed by atoms with Crippen molar-refractivity contribution in [2.75, 3.05) is 6.54 Å². The van der Waals surface area contributed by atoms with E-state index in [0.717, 1.165) is 35.2 Å². The lowest BCUT2D eigenvalue weighted by Crippen LogP contribution is -2.40. The second-order valence-electron chi connectivity index (χ2n) is 7.32. The average molecular weight is 464 g/mol. The smallest absolute Gasteiger partial charge is 0.299 e. The molecule has 1 atom stereocenters. The summed E-state index contributed by atoms with van der Waals surface area (Å²) in [6.07, 6.45) is 3.91. The number of hydrogen-bond acceptors (Lipinski definition) is 5. The van der Waals surface area contributed by atoms with Gasteiger partial charge in [-0.3, -0.25) is 15.0 Å². The predicted octanol–water partition coefficient (Wildman–Crippen LogP) is 3.63. The number of benzene rings is 2. The molecule has 0 aliphatic heterocycles.